The van der Waals surface area contributed by atoms with Crippen molar-refractivity contribution >= 4 is 34.9 Å². The van der Waals surface area contributed by atoms with Crippen LogP contribution in [-0.4, -0.2) is 53.0 Å². The number of nitrogens with zero attached hydrogens (tertiary/aromatic N) is 6. The summed E-state index contributed by atoms with van der Waals surface area (Å²) >= 11 is 1.15. The predicted octanol–water partition coefficient (Wildman–Crippen LogP) is 3.01. The SMILES string of the molecule is CCOC(=O)Cc1nnc(SCC(=O)C(C#N)=C2N(C)c3ccccc3N2C)n1Cc1ccco1. The average molecular weight is 493 g/mol. The fourth-order valence-electron chi connectivity index (χ4n) is 3.87. The largest absolute Gasteiger partial charge is 0.467 e. The van der Waals surface area contributed by atoms with Gasteiger partial charge in [-0.25, -0.2) is 0 Å². The van der Waals surface area contributed by atoms with Gasteiger partial charge in [0.05, 0.1) is 36.5 Å². The van der Waals surface area contributed by atoms with Crippen LogP contribution in [-0.2, 0) is 27.3 Å². The summed E-state index contributed by atoms with van der Waals surface area (Å²) < 4.78 is 12.2. The molecule has 0 aliphatic carbocycles. The van der Waals surface area contributed by atoms with Crippen molar-refractivity contribution in [2.45, 2.75) is 25.0 Å². The molecule has 180 valence electrons. The van der Waals surface area contributed by atoms with Gasteiger partial charge in [-0.3, -0.25) is 14.2 Å². The Morgan fingerprint density at radius 2 is 1.83 bits per heavy atom. The molecular weight excluding hydrogens is 468 g/mol. The summed E-state index contributed by atoms with van der Waals surface area (Å²) in [5.74, 6) is 0.795. The number of fused-ring (bicyclic) bond motifs is 1. The molecule has 0 spiro atoms. The van der Waals surface area contributed by atoms with Crippen LogP contribution in [0.5, 0.6) is 0 Å². The zero-order valence-electron chi connectivity index (χ0n) is 19.6. The van der Waals surface area contributed by atoms with Crippen molar-refractivity contribution in [1.29, 1.82) is 5.26 Å². The molecule has 10 nitrogen and oxygen atoms in total. The standard InChI is InChI=1S/C24H24N6O4S/c1-4-33-22(32)12-21-26-27-24(30(21)14-16-8-7-11-34-16)35-15-20(31)17(13-25)23-28(2)18-9-5-6-10-19(18)29(23)3/h5-11H,4,12,14-15H2,1-3H3. The van der Waals surface area contributed by atoms with Gasteiger partial charge in [0.25, 0.3) is 0 Å². The van der Waals surface area contributed by atoms with E-state index in [2.05, 4.69) is 16.3 Å². The van der Waals surface area contributed by atoms with E-state index >= 15 is 0 Å². The molecule has 0 saturated heterocycles. The van der Waals surface area contributed by atoms with Crippen LogP contribution in [0.2, 0.25) is 0 Å². The minimum Gasteiger partial charge on any atom is -0.467 e. The van der Waals surface area contributed by atoms with Crippen molar-refractivity contribution in [2.24, 2.45) is 0 Å². The maximum atomic E-state index is 13.2. The maximum Gasteiger partial charge on any atom is 0.313 e. The Labute approximate surface area is 206 Å². The number of para-hydroxylation sites is 2. The lowest BCUT2D eigenvalue weighted by molar-refractivity contribution is -0.142. The molecule has 0 bridgehead atoms. The van der Waals surface area contributed by atoms with E-state index in [1.165, 1.54) is 0 Å². The molecule has 1 aromatic carbocycles. The number of hydrogen-bond acceptors (Lipinski definition) is 10. The molecule has 3 heterocycles. The molecule has 1 aliphatic rings. The number of hydrogen-bond donors (Lipinski definition) is 0. The van der Waals surface area contributed by atoms with Gasteiger partial charge in [0.1, 0.15) is 35.5 Å². The van der Waals surface area contributed by atoms with Crippen molar-refractivity contribution in [1.82, 2.24) is 14.8 Å². The van der Waals surface area contributed by atoms with E-state index in [1.54, 1.807) is 29.9 Å². The van der Waals surface area contributed by atoms with Gasteiger partial charge in [0, 0.05) is 14.1 Å². The highest BCUT2D eigenvalue weighted by Gasteiger charge is 2.31. The summed E-state index contributed by atoms with van der Waals surface area (Å²) in [6.45, 7) is 2.29. The van der Waals surface area contributed by atoms with E-state index in [1.807, 2.05) is 48.2 Å². The summed E-state index contributed by atoms with van der Waals surface area (Å²) in [6.07, 6.45) is 1.50. The molecule has 2 aromatic heterocycles. The van der Waals surface area contributed by atoms with Crippen LogP contribution in [0.4, 0.5) is 11.4 Å². The first-order valence-corrected chi connectivity index (χ1v) is 11.9. The Hall–Kier alpha value is -4.04. The van der Waals surface area contributed by atoms with Crippen molar-refractivity contribution in [3.63, 3.8) is 0 Å². The van der Waals surface area contributed by atoms with Gasteiger partial charge in [-0.2, -0.15) is 5.26 Å². The minimum atomic E-state index is -0.420. The van der Waals surface area contributed by atoms with Crippen LogP contribution in [0, 0.1) is 11.3 Å². The van der Waals surface area contributed by atoms with Gasteiger partial charge in [-0.15, -0.1) is 10.2 Å². The van der Waals surface area contributed by atoms with Crippen molar-refractivity contribution in [3.05, 3.63) is 65.6 Å². The first-order valence-electron chi connectivity index (χ1n) is 10.9. The van der Waals surface area contributed by atoms with Crippen LogP contribution in [0.1, 0.15) is 18.5 Å². The quantitative estimate of drug-likeness (QED) is 0.191. The van der Waals surface area contributed by atoms with Crippen molar-refractivity contribution in [3.8, 4) is 6.07 Å². The third-order valence-corrected chi connectivity index (χ3v) is 6.45. The highest BCUT2D eigenvalue weighted by atomic mass is 32.2. The molecule has 1 aliphatic heterocycles. The highest BCUT2D eigenvalue weighted by molar-refractivity contribution is 7.99. The number of benzene rings is 1. The Bertz CT molecular complexity index is 1280. The number of aromatic nitrogens is 3. The molecule has 11 heteroatoms. The zero-order chi connectivity index (χ0) is 24.9. The van der Waals surface area contributed by atoms with Crippen LogP contribution in [0.3, 0.4) is 0 Å². The Morgan fingerprint density at radius 3 is 2.43 bits per heavy atom. The van der Waals surface area contributed by atoms with Gasteiger partial charge in [-0.05, 0) is 31.2 Å². The lowest BCUT2D eigenvalue weighted by Crippen LogP contribution is -2.26. The first kappa shape index (κ1) is 24.1. The lowest BCUT2D eigenvalue weighted by atomic mass is 10.2. The Balaban J connectivity index is 1.56. The van der Waals surface area contributed by atoms with E-state index in [0.717, 1.165) is 23.1 Å². The number of ketones is 1. The fourth-order valence-corrected chi connectivity index (χ4v) is 4.70. The molecule has 0 radical (unpaired) electrons. The van der Waals surface area contributed by atoms with Gasteiger partial charge in [-0.1, -0.05) is 23.9 Å². The van der Waals surface area contributed by atoms with Crippen LogP contribution in [0.25, 0.3) is 0 Å². The second-order valence-electron chi connectivity index (χ2n) is 7.68. The first-order chi connectivity index (χ1) is 16.9. The van der Waals surface area contributed by atoms with Crippen molar-refractivity contribution < 1.29 is 18.7 Å². The third-order valence-electron chi connectivity index (χ3n) is 5.48. The summed E-state index contributed by atoms with van der Waals surface area (Å²) in [7, 11) is 3.66. The number of rotatable bonds is 9. The molecule has 35 heavy (non-hydrogen) atoms. The van der Waals surface area contributed by atoms with Crippen LogP contribution < -0.4 is 9.80 Å². The van der Waals surface area contributed by atoms with Crippen LogP contribution in [0.15, 0.2) is 63.6 Å². The molecule has 0 amide bonds. The molecular formula is C24H24N6O4S. The predicted molar refractivity (Wildman–Crippen MR) is 130 cm³/mol. The number of furan rings is 1. The monoisotopic (exact) mass is 492 g/mol. The number of nitriles is 1. The summed E-state index contributed by atoms with van der Waals surface area (Å²) in [5.41, 5.74) is 1.89. The number of thioether (sulfide) groups is 1. The number of carbonyl (C=O) groups is 2. The van der Waals surface area contributed by atoms with Gasteiger partial charge in [0.15, 0.2) is 10.9 Å². The summed E-state index contributed by atoms with van der Waals surface area (Å²) in [4.78, 5) is 28.9. The van der Waals surface area contributed by atoms with E-state index in [0.29, 0.717) is 22.6 Å². The number of anilines is 2. The zero-order valence-corrected chi connectivity index (χ0v) is 20.4. The maximum absolute atomic E-state index is 13.2. The average Bonchev–Trinajstić information content (AvgIpc) is 3.56. The van der Waals surface area contributed by atoms with E-state index in [9.17, 15) is 14.9 Å². The number of ether oxygens (including phenoxy) is 1. The van der Waals surface area contributed by atoms with Crippen LogP contribution >= 0.6 is 11.8 Å². The molecule has 0 atom stereocenters. The van der Waals surface area contributed by atoms with Gasteiger partial charge < -0.3 is 19.0 Å². The topological polar surface area (TPSA) is 117 Å². The van der Waals surface area contributed by atoms with Gasteiger partial charge >= 0.3 is 5.97 Å². The fraction of sp³-hybridized carbons (Fsp3) is 0.292. The van der Waals surface area contributed by atoms with E-state index in [-0.39, 0.29) is 36.7 Å². The molecule has 3 aromatic rings. The molecule has 4 rings (SSSR count). The molecule has 0 saturated carbocycles. The summed E-state index contributed by atoms with van der Waals surface area (Å²) in [5, 5.41) is 18.6. The number of allylic oxidation sites excluding steroid dienone is 1. The normalized spacial score (nSPS) is 12.5. The smallest absolute Gasteiger partial charge is 0.313 e. The number of Topliss-reactive ketones (excluding diaryl/α,β-unsaturated/α-hetero) is 1. The van der Waals surface area contributed by atoms with Crippen molar-refractivity contribution in [2.75, 3.05) is 36.3 Å². The second-order valence-corrected chi connectivity index (χ2v) is 8.62. The van der Waals surface area contributed by atoms with E-state index in [4.69, 9.17) is 9.15 Å². The molecule has 0 N–H and O–H groups in total. The number of esters is 1. The second kappa shape index (κ2) is 10.5. The summed E-state index contributed by atoms with van der Waals surface area (Å²) in [6, 6.07) is 13.4. The number of carbonyl (C=O) groups excluding carboxylic acids is 2. The van der Waals surface area contributed by atoms with Gasteiger partial charge in [0.2, 0.25) is 0 Å². The highest BCUT2D eigenvalue weighted by Crippen LogP contribution is 2.40. The Kier molecular flexibility index (Phi) is 7.22. The minimum absolute atomic E-state index is 0.0277. The molecule has 0 unspecified atom stereocenters. The third kappa shape index (κ3) is 4.93. The Morgan fingerprint density at radius 1 is 1.11 bits per heavy atom. The lowest BCUT2D eigenvalue weighted by Gasteiger charge is -2.19. The van der Waals surface area contributed by atoms with E-state index < -0.39 is 5.97 Å². The molecule has 0 fully saturated rings.